The molecule has 8 heteroatoms. The average Bonchev–Trinajstić information content (AvgIpc) is 2.86. The van der Waals surface area contributed by atoms with Crippen molar-refractivity contribution in [3.63, 3.8) is 0 Å². The number of carbonyl (C=O) groups is 3. The van der Waals surface area contributed by atoms with Gasteiger partial charge < -0.3 is 10.2 Å². The molecule has 6 nitrogen and oxygen atoms in total. The molecule has 1 aliphatic carbocycles. The van der Waals surface area contributed by atoms with E-state index in [0.29, 0.717) is 31.0 Å². The Morgan fingerprint density at radius 3 is 2.50 bits per heavy atom. The van der Waals surface area contributed by atoms with Gasteiger partial charge in [-0.1, -0.05) is 24.3 Å². The fourth-order valence-corrected chi connectivity index (χ4v) is 4.34. The summed E-state index contributed by atoms with van der Waals surface area (Å²) in [6.07, 6.45) is 8.39. The number of hydrogen-bond acceptors (Lipinski definition) is 5. The zero-order valence-electron chi connectivity index (χ0n) is 18.7. The number of ketones is 2. The molecule has 0 saturated carbocycles. The summed E-state index contributed by atoms with van der Waals surface area (Å²) in [5.74, 6) is -1.20. The molecular weight excluding hydrogens is 457 g/mol. The molecule has 4 rings (SSSR count). The van der Waals surface area contributed by atoms with Gasteiger partial charge in [0, 0.05) is 31.6 Å². The molecule has 1 aromatic heterocycles. The van der Waals surface area contributed by atoms with Gasteiger partial charge in [0.25, 0.3) is 0 Å². The molecule has 0 spiro atoms. The quantitative estimate of drug-likeness (QED) is 0.584. The van der Waals surface area contributed by atoms with Gasteiger partial charge in [0.05, 0.1) is 5.56 Å². The minimum Gasteiger partial charge on any atom is -0.367 e. The van der Waals surface area contributed by atoms with Crippen LogP contribution in [0.4, 0.5) is 4.39 Å². The Hall–Kier alpha value is -3.32. The van der Waals surface area contributed by atoms with Gasteiger partial charge in [0.15, 0.2) is 0 Å². The molecule has 0 radical (unpaired) electrons. The summed E-state index contributed by atoms with van der Waals surface area (Å²) >= 11 is 5.71. The van der Waals surface area contributed by atoms with Gasteiger partial charge in [-0.25, -0.2) is 4.39 Å². The summed E-state index contributed by atoms with van der Waals surface area (Å²) in [6, 6.07) is 7.56. The van der Waals surface area contributed by atoms with Crippen LogP contribution in [0.1, 0.15) is 64.1 Å². The number of halogens is 2. The lowest BCUT2D eigenvalue weighted by Gasteiger charge is -2.33. The fourth-order valence-electron chi connectivity index (χ4n) is 4.21. The highest BCUT2D eigenvalue weighted by molar-refractivity contribution is 6.27. The normalized spacial score (nSPS) is 16.2. The molecule has 1 amide bonds. The lowest BCUT2D eigenvalue weighted by Crippen LogP contribution is -2.42. The predicted octanol–water partition coefficient (Wildman–Crippen LogP) is 4.60. The second-order valence-electron chi connectivity index (χ2n) is 8.28. The molecule has 0 atom stereocenters. The number of fused-ring (bicyclic) bond motifs is 1. The van der Waals surface area contributed by atoms with Gasteiger partial charge in [-0.05, 0) is 55.0 Å². The monoisotopic (exact) mass is 481 g/mol. The van der Waals surface area contributed by atoms with Crippen LogP contribution in [0.3, 0.4) is 0 Å². The van der Waals surface area contributed by atoms with Gasteiger partial charge in [0.2, 0.25) is 17.5 Å². The minimum absolute atomic E-state index is 0.00315. The predicted molar refractivity (Wildman–Crippen MR) is 129 cm³/mol. The zero-order chi connectivity index (χ0) is 24.1. The van der Waals surface area contributed by atoms with Crippen molar-refractivity contribution in [1.29, 1.82) is 0 Å². The third-order valence-electron chi connectivity index (χ3n) is 5.90. The Morgan fingerprint density at radius 2 is 1.79 bits per heavy atom. The number of Topliss-reactive ketones (excluding diaryl/α,β-unsaturated/α-hetero) is 2. The van der Waals surface area contributed by atoms with Crippen molar-refractivity contribution in [3.8, 4) is 0 Å². The van der Waals surface area contributed by atoms with Crippen molar-refractivity contribution in [2.75, 3.05) is 19.0 Å². The number of nitrogens with zero attached hydrogens (tertiary/aromatic N) is 2. The first kappa shape index (κ1) is 23.8. The highest BCUT2D eigenvalue weighted by atomic mass is 35.5. The van der Waals surface area contributed by atoms with E-state index in [2.05, 4.69) is 10.3 Å². The molecule has 0 unspecified atom stereocenters. The Bertz CT molecular complexity index is 1170. The first-order chi connectivity index (χ1) is 16.5. The lowest BCUT2D eigenvalue weighted by molar-refractivity contribution is -0.120. The van der Waals surface area contributed by atoms with Gasteiger partial charge in [-0.3, -0.25) is 19.4 Å². The van der Waals surface area contributed by atoms with Crippen LogP contribution in [0.2, 0.25) is 0 Å². The number of alkyl halides is 1. The number of rotatable bonds is 7. The van der Waals surface area contributed by atoms with Crippen LogP contribution >= 0.6 is 11.6 Å². The van der Waals surface area contributed by atoms with E-state index in [-0.39, 0.29) is 46.6 Å². The minimum atomic E-state index is -0.443. The van der Waals surface area contributed by atoms with Crippen molar-refractivity contribution < 1.29 is 18.8 Å². The van der Waals surface area contributed by atoms with Crippen molar-refractivity contribution in [1.82, 2.24) is 15.2 Å². The van der Waals surface area contributed by atoms with E-state index >= 15 is 0 Å². The molecule has 2 aromatic rings. The Balaban J connectivity index is 1.75. The fraction of sp³-hybridized carbons (Fsp3) is 0.308. The number of nitrogens with one attached hydrogen (secondary N) is 1. The maximum atomic E-state index is 13.7. The van der Waals surface area contributed by atoms with E-state index in [1.807, 2.05) is 4.90 Å². The molecule has 1 aromatic carbocycles. The van der Waals surface area contributed by atoms with Crippen LogP contribution in [0, 0.1) is 5.82 Å². The largest absolute Gasteiger partial charge is 0.367 e. The van der Waals surface area contributed by atoms with E-state index in [4.69, 9.17) is 11.6 Å². The number of aromatic nitrogens is 1. The maximum Gasteiger partial charge on any atom is 0.230 e. The number of likely N-dealkylation sites (tertiary alicyclic amines) is 1. The summed E-state index contributed by atoms with van der Waals surface area (Å²) in [4.78, 5) is 45.9. The van der Waals surface area contributed by atoms with E-state index in [9.17, 15) is 18.8 Å². The van der Waals surface area contributed by atoms with Crippen molar-refractivity contribution in [3.05, 3.63) is 76.1 Å². The van der Waals surface area contributed by atoms with Crippen LogP contribution in [0.25, 0.3) is 12.2 Å². The number of allylic oxidation sites excluding steroid dienone is 2. The third-order valence-corrected chi connectivity index (χ3v) is 6.17. The van der Waals surface area contributed by atoms with Crippen LogP contribution in [0.5, 0.6) is 0 Å². The van der Waals surface area contributed by atoms with Gasteiger partial charge in [-0.15, -0.1) is 11.6 Å². The average molecular weight is 482 g/mol. The molecule has 1 saturated heterocycles. The second-order valence-corrected chi connectivity index (χ2v) is 8.66. The highest BCUT2D eigenvalue weighted by Crippen LogP contribution is 2.31. The molecule has 34 heavy (non-hydrogen) atoms. The van der Waals surface area contributed by atoms with Gasteiger partial charge in [0.1, 0.15) is 22.9 Å². The number of carbonyl (C=O) groups excluding carboxylic acids is 3. The summed E-state index contributed by atoms with van der Waals surface area (Å²) in [5.41, 5.74) is 1.68. The number of benzene rings is 1. The third kappa shape index (κ3) is 5.09. The molecule has 1 N–H and O–H groups in total. The standard InChI is InChI=1S/C26H25ClFN3O3/c27-13-4-5-20(32)30-23-24(31-15-2-1-3-16-31)26(34)22-21(25(23)33)18(12-14-29-22)9-6-17-7-10-19(28)11-8-17/h6-12,14H,1-5,13,15-16H2,(H,30,32)/b9-6+. The summed E-state index contributed by atoms with van der Waals surface area (Å²) in [5, 5.41) is 2.71. The Kier molecular flexibility index (Phi) is 7.53. The van der Waals surface area contributed by atoms with Crippen LogP contribution in [-0.4, -0.2) is 46.3 Å². The number of amides is 1. The molecule has 2 aliphatic rings. The molecular formula is C26H25ClFN3O3. The van der Waals surface area contributed by atoms with Crippen molar-refractivity contribution >= 4 is 41.2 Å². The first-order valence-corrected chi connectivity index (χ1v) is 11.9. The SMILES string of the molecule is O=C(CCCCl)NC1=C(N2CCCCC2)C(=O)c2nccc(/C=C/c3ccc(F)cc3)c2C1=O. The topological polar surface area (TPSA) is 79.4 Å². The smallest absolute Gasteiger partial charge is 0.230 e. The van der Waals surface area contributed by atoms with E-state index < -0.39 is 5.78 Å². The molecule has 176 valence electrons. The van der Waals surface area contributed by atoms with E-state index in [0.717, 1.165) is 24.8 Å². The zero-order valence-corrected chi connectivity index (χ0v) is 19.4. The summed E-state index contributed by atoms with van der Waals surface area (Å²) < 4.78 is 13.2. The van der Waals surface area contributed by atoms with Gasteiger partial charge in [-0.2, -0.15) is 0 Å². The van der Waals surface area contributed by atoms with Crippen molar-refractivity contribution in [2.24, 2.45) is 0 Å². The molecule has 1 fully saturated rings. The summed E-state index contributed by atoms with van der Waals surface area (Å²) in [6.45, 7) is 1.27. The second kappa shape index (κ2) is 10.7. The van der Waals surface area contributed by atoms with Crippen LogP contribution in [0.15, 0.2) is 47.9 Å². The highest BCUT2D eigenvalue weighted by Gasteiger charge is 2.38. The van der Waals surface area contributed by atoms with E-state index in [1.165, 1.54) is 18.3 Å². The number of pyridine rings is 1. The van der Waals surface area contributed by atoms with Crippen molar-refractivity contribution in [2.45, 2.75) is 32.1 Å². The first-order valence-electron chi connectivity index (χ1n) is 11.4. The Morgan fingerprint density at radius 1 is 1.06 bits per heavy atom. The summed E-state index contributed by atoms with van der Waals surface area (Å²) in [7, 11) is 0. The van der Waals surface area contributed by atoms with E-state index in [1.54, 1.807) is 30.4 Å². The van der Waals surface area contributed by atoms with Gasteiger partial charge >= 0.3 is 0 Å². The van der Waals surface area contributed by atoms with Crippen LogP contribution < -0.4 is 5.32 Å². The number of hydrogen-bond donors (Lipinski definition) is 1. The van der Waals surface area contributed by atoms with Crippen LogP contribution in [-0.2, 0) is 4.79 Å². The number of piperidine rings is 1. The Labute approximate surface area is 202 Å². The molecule has 2 heterocycles. The lowest BCUT2D eigenvalue weighted by atomic mass is 9.89. The maximum absolute atomic E-state index is 13.7. The molecule has 0 bridgehead atoms. The molecule has 1 aliphatic heterocycles.